The number of benzene rings is 2. The number of aromatic nitrogens is 3. The van der Waals surface area contributed by atoms with E-state index in [9.17, 15) is 18.0 Å². The zero-order valence-corrected chi connectivity index (χ0v) is 19.2. The lowest BCUT2D eigenvalue weighted by molar-refractivity contribution is -0.137. The summed E-state index contributed by atoms with van der Waals surface area (Å²) in [6.07, 6.45) is -0.725. The van der Waals surface area contributed by atoms with E-state index in [1.54, 1.807) is 0 Å². The van der Waals surface area contributed by atoms with Crippen molar-refractivity contribution < 1.29 is 18.0 Å². The van der Waals surface area contributed by atoms with Crippen molar-refractivity contribution in [2.75, 3.05) is 0 Å². The van der Waals surface area contributed by atoms with Gasteiger partial charge in [-0.15, -0.1) is 10.2 Å². The van der Waals surface area contributed by atoms with Crippen molar-refractivity contribution in [3.05, 3.63) is 71.5 Å². The van der Waals surface area contributed by atoms with Crippen LogP contribution in [0.2, 0.25) is 0 Å². The topological polar surface area (TPSA) is 73.8 Å². The normalized spacial score (nSPS) is 12.6. The number of rotatable bonds is 11. The molecule has 0 fully saturated rings. The Morgan fingerprint density at radius 3 is 2.36 bits per heavy atom. The quantitative estimate of drug-likeness (QED) is 0.339. The smallest absolute Gasteiger partial charge is 0.370 e. The summed E-state index contributed by atoms with van der Waals surface area (Å²) >= 11 is 1.43. The Balaban J connectivity index is 1.85. The zero-order chi connectivity index (χ0) is 23.8. The van der Waals surface area contributed by atoms with Gasteiger partial charge in [-0.2, -0.15) is 13.2 Å². The molecule has 1 aromatic heterocycles. The molecule has 3 rings (SSSR count). The van der Waals surface area contributed by atoms with E-state index in [0.717, 1.165) is 48.5 Å². The van der Waals surface area contributed by atoms with Crippen molar-refractivity contribution in [1.82, 2.24) is 14.8 Å². The first kappa shape index (κ1) is 24.8. The number of hydrogen-bond acceptors (Lipinski definition) is 4. The molecule has 0 aliphatic rings. The van der Waals surface area contributed by atoms with Crippen LogP contribution in [-0.2, 0) is 16.7 Å². The lowest BCUT2D eigenvalue weighted by Crippen LogP contribution is -2.12. The zero-order valence-electron chi connectivity index (χ0n) is 18.4. The monoisotopic (exact) mass is 476 g/mol. The van der Waals surface area contributed by atoms with Crippen LogP contribution in [0.1, 0.15) is 61.9 Å². The van der Waals surface area contributed by atoms with Crippen LogP contribution in [-0.4, -0.2) is 20.7 Å². The Kier molecular flexibility index (Phi) is 8.55. The second-order valence-electron chi connectivity index (χ2n) is 7.84. The van der Waals surface area contributed by atoms with Gasteiger partial charge in [0.15, 0.2) is 5.16 Å². The minimum atomic E-state index is -4.35. The van der Waals surface area contributed by atoms with Crippen LogP contribution in [0, 0.1) is 0 Å². The van der Waals surface area contributed by atoms with Crippen LogP contribution in [0.3, 0.4) is 0 Å². The minimum absolute atomic E-state index is 0.113. The molecule has 2 aromatic carbocycles. The Labute approximate surface area is 195 Å². The van der Waals surface area contributed by atoms with Gasteiger partial charge in [0.25, 0.3) is 0 Å². The maximum atomic E-state index is 12.8. The molecular formula is C24H27F3N4OS. The number of hydrogen-bond donors (Lipinski definition) is 1. The van der Waals surface area contributed by atoms with Gasteiger partial charge in [-0.25, -0.2) is 0 Å². The van der Waals surface area contributed by atoms with E-state index in [1.165, 1.54) is 23.9 Å². The van der Waals surface area contributed by atoms with Crippen molar-refractivity contribution in [2.45, 2.75) is 62.0 Å². The van der Waals surface area contributed by atoms with Gasteiger partial charge in [0.05, 0.1) is 5.56 Å². The van der Waals surface area contributed by atoms with E-state index in [0.29, 0.717) is 23.8 Å². The molecule has 33 heavy (non-hydrogen) atoms. The Morgan fingerprint density at radius 1 is 1.06 bits per heavy atom. The van der Waals surface area contributed by atoms with Crippen LogP contribution in [0.25, 0.3) is 5.69 Å². The molecule has 1 amide bonds. The molecule has 2 N–H and O–H groups in total. The molecule has 1 heterocycles. The summed E-state index contributed by atoms with van der Waals surface area (Å²) in [7, 11) is 0. The summed E-state index contributed by atoms with van der Waals surface area (Å²) < 4.78 is 40.5. The fourth-order valence-electron chi connectivity index (χ4n) is 3.67. The summed E-state index contributed by atoms with van der Waals surface area (Å²) in [5, 5.41) is 9.58. The SMILES string of the molecule is CCCC(CCCC(N)=O)c1nnc(SCc2ccc(C(F)(F)F)cc2)n1-c1ccccc1. The maximum Gasteiger partial charge on any atom is 0.416 e. The molecule has 0 saturated heterocycles. The average Bonchev–Trinajstić information content (AvgIpc) is 3.21. The molecule has 3 aromatic rings. The molecule has 1 atom stereocenters. The third-order valence-electron chi connectivity index (χ3n) is 5.30. The Morgan fingerprint density at radius 2 is 1.76 bits per heavy atom. The molecule has 0 saturated carbocycles. The molecule has 9 heteroatoms. The predicted molar refractivity (Wildman–Crippen MR) is 123 cm³/mol. The molecule has 1 unspecified atom stereocenters. The number of para-hydroxylation sites is 1. The molecular weight excluding hydrogens is 449 g/mol. The minimum Gasteiger partial charge on any atom is -0.370 e. The van der Waals surface area contributed by atoms with Crippen molar-refractivity contribution in [1.29, 1.82) is 0 Å². The number of amides is 1. The first-order chi connectivity index (χ1) is 15.8. The number of halogens is 3. The van der Waals surface area contributed by atoms with E-state index < -0.39 is 11.7 Å². The predicted octanol–water partition coefficient (Wildman–Crippen LogP) is 6.12. The summed E-state index contributed by atoms with van der Waals surface area (Å²) in [5.41, 5.74) is 6.33. The van der Waals surface area contributed by atoms with Crippen LogP contribution in [0.5, 0.6) is 0 Å². The number of alkyl halides is 3. The molecule has 0 aliphatic carbocycles. The summed E-state index contributed by atoms with van der Waals surface area (Å²) in [6.45, 7) is 2.10. The fraction of sp³-hybridized carbons (Fsp3) is 0.375. The highest BCUT2D eigenvalue weighted by Crippen LogP contribution is 2.33. The summed E-state index contributed by atoms with van der Waals surface area (Å²) in [5.74, 6) is 1.08. The lowest BCUT2D eigenvalue weighted by Gasteiger charge is -2.18. The molecule has 0 bridgehead atoms. The van der Waals surface area contributed by atoms with Crippen LogP contribution in [0.15, 0.2) is 59.8 Å². The van der Waals surface area contributed by atoms with Gasteiger partial charge in [0.1, 0.15) is 5.82 Å². The Bertz CT molecular complexity index is 1040. The fourth-order valence-corrected chi connectivity index (χ4v) is 4.59. The van der Waals surface area contributed by atoms with Gasteiger partial charge in [-0.05, 0) is 49.1 Å². The van der Waals surface area contributed by atoms with E-state index in [1.807, 2.05) is 34.9 Å². The summed E-state index contributed by atoms with van der Waals surface area (Å²) in [6, 6.07) is 14.9. The van der Waals surface area contributed by atoms with E-state index in [2.05, 4.69) is 17.1 Å². The van der Waals surface area contributed by atoms with E-state index in [-0.39, 0.29) is 11.8 Å². The van der Waals surface area contributed by atoms with Crippen LogP contribution < -0.4 is 5.73 Å². The largest absolute Gasteiger partial charge is 0.416 e. The maximum absolute atomic E-state index is 12.8. The molecule has 0 spiro atoms. The van der Waals surface area contributed by atoms with Crippen molar-refractivity contribution >= 4 is 17.7 Å². The van der Waals surface area contributed by atoms with E-state index >= 15 is 0 Å². The second kappa shape index (κ2) is 11.4. The molecule has 0 radical (unpaired) electrons. The molecule has 0 aliphatic heterocycles. The second-order valence-corrected chi connectivity index (χ2v) is 8.78. The number of carbonyl (C=O) groups excluding carboxylic acids is 1. The van der Waals surface area contributed by atoms with Gasteiger partial charge >= 0.3 is 6.18 Å². The van der Waals surface area contributed by atoms with Crippen molar-refractivity contribution in [3.8, 4) is 5.69 Å². The number of carbonyl (C=O) groups is 1. The number of nitrogens with two attached hydrogens (primary N) is 1. The van der Waals surface area contributed by atoms with Crippen LogP contribution in [0.4, 0.5) is 13.2 Å². The van der Waals surface area contributed by atoms with Gasteiger partial charge in [0, 0.05) is 23.8 Å². The highest BCUT2D eigenvalue weighted by Gasteiger charge is 2.30. The first-order valence-corrected chi connectivity index (χ1v) is 11.9. The third-order valence-corrected chi connectivity index (χ3v) is 6.30. The highest BCUT2D eigenvalue weighted by atomic mass is 32.2. The van der Waals surface area contributed by atoms with Gasteiger partial charge in [0.2, 0.25) is 5.91 Å². The molecule has 5 nitrogen and oxygen atoms in total. The van der Waals surface area contributed by atoms with Gasteiger partial charge < -0.3 is 5.73 Å². The standard InChI is InChI=1S/C24H27F3N4OS/c1-2-7-18(8-6-11-21(28)32)22-29-30-23(31(22)20-9-4-3-5-10-20)33-16-17-12-14-19(15-13-17)24(25,26)27/h3-5,9-10,12-15,18H,2,6-8,11,16H2,1H3,(H2,28,32). The first-order valence-electron chi connectivity index (χ1n) is 10.9. The Hall–Kier alpha value is -2.81. The van der Waals surface area contributed by atoms with Crippen molar-refractivity contribution in [2.24, 2.45) is 5.73 Å². The summed E-state index contributed by atoms with van der Waals surface area (Å²) in [4.78, 5) is 11.2. The number of primary amides is 1. The number of thioether (sulfide) groups is 1. The molecule has 176 valence electrons. The lowest BCUT2D eigenvalue weighted by atomic mass is 9.96. The van der Waals surface area contributed by atoms with Gasteiger partial charge in [-0.1, -0.05) is 55.4 Å². The van der Waals surface area contributed by atoms with Gasteiger partial charge in [-0.3, -0.25) is 9.36 Å². The van der Waals surface area contributed by atoms with Crippen molar-refractivity contribution in [3.63, 3.8) is 0 Å². The van der Waals surface area contributed by atoms with E-state index in [4.69, 9.17) is 5.73 Å². The highest BCUT2D eigenvalue weighted by molar-refractivity contribution is 7.98. The third kappa shape index (κ3) is 6.83. The number of nitrogens with zero attached hydrogens (tertiary/aromatic N) is 3. The average molecular weight is 477 g/mol. The van der Waals surface area contributed by atoms with Crippen LogP contribution >= 0.6 is 11.8 Å².